The van der Waals surface area contributed by atoms with Crippen molar-refractivity contribution in [3.8, 4) is 0 Å². The van der Waals surface area contributed by atoms with E-state index in [2.05, 4.69) is 4.98 Å². The number of sulfone groups is 1. The van der Waals surface area contributed by atoms with Crippen LogP contribution in [0, 0.1) is 0 Å². The van der Waals surface area contributed by atoms with Gasteiger partial charge in [0.1, 0.15) is 0 Å². The van der Waals surface area contributed by atoms with Gasteiger partial charge in [-0.3, -0.25) is 9.78 Å². The first kappa shape index (κ1) is 21.1. The maximum atomic E-state index is 13.0. The number of benzene rings is 1. The molecule has 1 aromatic heterocycles. The second-order valence-corrected chi connectivity index (χ2v) is 10.0. The molecule has 2 atom stereocenters. The lowest BCUT2D eigenvalue weighted by Crippen LogP contribution is -2.47. The SMILES string of the molecule is C[C@@H]1CCC[C@H](C)N1C(=O)c1ccnc(CS(=O)(=O)c2ccc(Cl)cc2Cl)c1. The van der Waals surface area contributed by atoms with Gasteiger partial charge < -0.3 is 4.90 Å². The zero-order chi connectivity index (χ0) is 20.5. The van der Waals surface area contributed by atoms with E-state index in [0.717, 1.165) is 19.3 Å². The molecule has 0 saturated carbocycles. The fourth-order valence-electron chi connectivity index (χ4n) is 3.66. The van der Waals surface area contributed by atoms with Crippen LogP contribution in [0.25, 0.3) is 0 Å². The highest BCUT2D eigenvalue weighted by molar-refractivity contribution is 7.90. The van der Waals surface area contributed by atoms with E-state index in [1.807, 2.05) is 18.7 Å². The second-order valence-electron chi connectivity index (χ2n) is 7.21. The summed E-state index contributed by atoms with van der Waals surface area (Å²) in [6.07, 6.45) is 4.52. The van der Waals surface area contributed by atoms with Crippen molar-refractivity contribution in [2.75, 3.05) is 0 Å². The molecular formula is C20H22Cl2N2O3S. The number of piperidine rings is 1. The molecule has 1 aliphatic rings. The summed E-state index contributed by atoms with van der Waals surface area (Å²) < 4.78 is 25.5. The highest BCUT2D eigenvalue weighted by atomic mass is 35.5. The van der Waals surface area contributed by atoms with Crippen LogP contribution < -0.4 is 0 Å². The van der Waals surface area contributed by atoms with E-state index >= 15 is 0 Å². The summed E-state index contributed by atoms with van der Waals surface area (Å²) >= 11 is 11.9. The van der Waals surface area contributed by atoms with Gasteiger partial charge in [0.25, 0.3) is 5.91 Å². The fourth-order valence-corrected chi connectivity index (χ4v) is 5.76. The van der Waals surface area contributed by atoms with Crippen LogP contribution >= 0.6 is 23.2 Å². The Kier molecular flexibility index (Phi) is 6.32. The molecule has 0 N–H and O–H groups in total. The smallest absolute Gasteiger partial charge is 0.254 e. The van der Waals surface area contributed by atoms with Crippen LogP contribution in [0.3, 0.4) is 0 Å². The molecule has 1 aromatic carbocycles. The maximum absolute atomic E-state index is 13.0. The van der Waals surface area contributed by atoms with Crippen molar-refractivity contribution < 1.29 is 13.2 Å². The van der Waals surface area contributed by atoms with E-state index < -0.39 is 9.84 Å². The van der Waals surface area contributed by atoms with Crippen LogP contribution in [0.1, 0.15) is 49.2 Å². The Morgan fingerprint density at radius 2 is 1.82 bits per heavy atom. The summed E-state index contributed by atoms with van der Waals surface area (Å²) in [6.45, 7) is 4.09. The monoisotopic (exact) mass is 440 g/mol. The predicted molar refractivity (Wildman–Crippen MR) is 111 cm³/mol. The zero-order valence-electron chi connectivity index (χ0n) is 15.7. The van der Waals surface area contributed by atoms with Gasteiger partial charge in [-0.1, -0.05) is 23.2 Å². The van der Waals surface area contributed by atoms with Gasteiger partial charge >= 0.3 is 0 Å². The third-order valence-corrected chi connectivity index (χ3v) is 7.42. The number of aromatic nitrogens is 1. The molecule has 5 nitrogen and oxygen atoms in total. The van der Waals surface area contributed by atoms with Crippen molar-refractivity contribution >= 4 is 38.9 Å². The van der Waals surface area contributed by atoms with Gasteiger partial charge in [0.15, 0.2) is 9.84 Å². The maximum Gasteiger partial charge on any atom is 0.254 e. The summed E-state index contributed by atoms with van der Waals surface area (Å²) in [6, 6.07) is 7.75. The molecule has 1 amide bonds. The lowest BCUT2D eigenvalue weighted by atomic mass is 9.96. The third-order valence-electron chi connectivity index (χ3n) is 5.06. The van der Waals surface area contributed by atoms with Crippen LogP contribution in [0.2, 0.25) is 10.0 Å². The minimum absolute atomic E-state index is 0.00429. The average molecular weight is 441 g/mol. The first-order chi connectivity index (χ1) is 13.2. The van der Waals surface area contributed by atoms with Crippen LogP contribution in [0.15, 0.2) is 41.4 Å². The zero-order valence-corrected chi connectivity index (χ0v) is 18.1. The second kappa shape index (κ2) is 8.39. The van der Waals surface area contributed by atoms with Crippen molar-refractivity contribution in [1.82, 2.24) is 9.88 Å². The number of pyridine rings is 1. The summed E-state index contributed by atoms with van der Waals surface area (Å²) in [5.74, 6) is -0.439. The molecule has 28 heavy (non-hydrogen) atoms. The molecule has 0 radical (unpaired) electrons. The van der Waals surface area contributed by atoms with Gasteiger partial charge in [0, 0.05) is 28.9 Å². The number of nitrogens with zero attached hydrogens (tertiary/aromatic N) is 2. The molecule has 2 heterocycles. The quantitative estimate of drug-likeness (QED) is 0.686. The third kappa shape index (κ3) is 4.50. The number of carbonyl (C=O) groups is 1. The van der Waals surface area contributed by atoms with E-state index in [9.17, 15) is 13.2 Å². The fraction of sp³-hybridized carbons (Fsp3) is 0.400. The molecule has 0 unspecified atom stereocenters. The normalized spacial score (nSPS) is 20.2. The molecule has 2 aromatic rings. The van der Waals surface area contributed by atoms with E-state index in [4.69, 9.17) is 23.2 Å². The van der Waals surface area contributed by atoms with Gasteiger partial charge in [-0.05, 0) is 63.4 Å². The molecule has 0 bridgehead atoms. The molecule has 1 fully saturated rings. The van der Waals surface area contributed by atoms with Crippen LogP contribution in [-0.4, -0.2) is 36.3 Å². The number of hydrogen-bond donors (Lipinski definition) is 0. The summed E-state index contributed by atoms with van der Waals surface area (Å²) in [7, 11) is -3.73. The Bertz CT molecular complexity index is 985. The molecule has 1 aliphatic heterocycles. The lowest BCUT2D eigenvalue weighted by molar-refractivity contribution is 0.0510. The minimum Gasteiger partial charge on any atom is -0.333 e. The molecule has 1 saturated heterocycles. The Labute approximate surface area is 175 Å². The summed E-state index contributed by atoms with van der Waals surface area (Å²) in [4.78, 5) is 19.0. The van der Waals surface area contributed by atoms with Gasteiger partial charge in [0.2, 0.25) is 0 Å². The Morgan fingerprint density at radius 3 is 2.46 bits per heavy atom. The molecule has 8 heteroatoms. The Morgan fingerprint density at radius 1 is 1.14 bits per heavy atom. The first-order valence-corrected chi connectivity index (χ1v) is 11.6. The molecule has 0 aliphatic carbocycles. The summed E-state index contributed by atoms with van der Waals surface area (Å²) in [5, 5.41) is 0.426. The number of hydrogen-bond acceptors (Lipinski definition) is 4. The number of likely N-dealkylation sites (tertiary alicyclic amines) is 1. The standard InChI is InChI=1S/C20H22Cl2N2O3S/c1-13-4-3-5-14(2)24(13)20(25)15-8-9-23-17(10-15)12-28(26,27)19-7-6-16(21)11-18(19)22/h6-11,13-14H,3-5,12H2,1-2H3/t13-,14+. The predicted octanol–water partition coefficient (Wildman–Crippen LogP) is 4.77. The number of halogens is 2. The van der Waals surface area contributed by atoms with Gasteiger partial charge in [0.05, 0.1) is 21.4 Å². The van der Waals surface area contributed by atoms with E-state index in [1.54, 1.807) is 12.1 Å². The minimum atomic E-state index is -3.73. The average Bonchev–Trinajstić information content (AvgIpc) is 2.61. The van der Waals surface area contributed by atoms with E-state index in [-0.39, 0.29) is 33.7 Å². The molecule has 150 valence electrons. The van der Waals surface area contributed by atoms with Crippen molar-refractivity contribution in [2.45, 2.75) is 55.8 Å². The Hall–Kier alpha value is -1.63. The van der Waals surface area contributed by atoms with Crippen LogP contribution in [0.5, 0.6) is 0 Å². The number of amides is 1. The largest absolute Gasteiger partial charge is 0.333 e. The molecule has 3 rings (SSSR count). The lowest BCUT2D eigenvalue weighted by Gasteiger charge is -2.39. The number of carbonyl (C=O) groups excluding carboxylic acids is 1. The van der Waals surface area contributed by atoms with Gasteiger partial charge in [-0.15, -0.1) is 0 Å². The van der Waals surface area contributed by atoms with Gasteiger partial charge in [-0.2, -0.15) is 0 Å². The molecular weight excluding hydrogens is 419 g/mol. The highest BCUT2D eigenvalue weighted by Gasteiger charge is 2.30. The summed E-state index contributed by atoms with van der Waals surface area (Å²) in [5.41, 5.74) is 0.747. The van der Waals surface area contributed by atoms with Crippen molar-refractivity contribution in [2.24, 2.45) is 0 Å². The van der Waals surface area contributed by atoms with Crippen LogP contribution in [0.4, 0.5) is 0 Å². The van der Waals surface area contributed by atoms with Crippen LogP contribution in [-0.2, 0) is 15.6 Å². The topological polar surface area (TPSA) is 67.3 Å². The molecule has 0 spiro atoms. The van der Waals surface area contributed by atoms with Gasteiger partial charge in [-0.25, -0.2) is 8.42 Å². The Balaban J connectivity index is 1.86. The first-order valence-electron chi connectivity index (χ1n) is 9.14. The number of rotatable bonds is 4. The highest BCUT2D eigenvalue weighted by Crippen LogP contribution is 2.28. The van der Waals surface area contributed by atoms with Crippen molar-refractivity contribution in [3.05, 3.63) is 57.8 Å². The van der Waals surface area contributed by atoms with E-state index in [0.29, 0.717) is 16.3 Å². The van der Waals surface area contributed by atoms with E-state index in [1.165, 1.54) is 24.4 Å². The van der Waals surface area contributed by atoms with Crippen molar-refractivity contribution in [3.63, 3.8) is 0 Å². The van der Waals surface area contributed by atoms with Crippen molar-refractivity contribution in [1.29, 1.82) is 0 Å².